The maximum atomic E-state index is 11.6. The predicted molar refractivity (Wildman–Crippen MR) is 94.2 cm³/mol. The number of hydrogen-bond donors (Lipinski definition) is 1. The van der Waals surface area contributed by atoms with E-state index in [1.807, 2.05) is 49.4 Å². The number of hydrogen-bond acceptors (Lipinski definition) is 2. The third-order valence-electron chi connectivity index (χ3n) is 3.16. The second-order valence-electron chi connectivity index (χ2n) is 4.97. The number of carbonyl (C=O) groups is 1. The van der Waals surface area contributed by atoms with Crippen LogP contribution >= 0.6 is 0 Å². The standard InChI is InChI=1S/C20H19NO2/c1-4-23-20(22)21-19-12-8-6-10-17(19)14-13-16-9-5-7-11-18(16)15(2)3/h5-12H,2,4H2,1,3H3,(H,21,22). The van der Waals surface area contributed by atoms with Crippen LogP contribution in [0.15, 0.2) is 55.1 Å². The smallest absolute Gasteiger partial charge is 0.411 e. The zero-order valence-corrected chi connectivity index (χ0v) is 13.3. The Kier molecular flexibility index (Phi) is 5.60. The SMILES string of the molecule is C=C(C)c1ccccc1C#Cc1ccccc1NC(=O)OCC. The molecule has 2 aromatic rings. The Bertz CT molecular complexity index is 781. The molecule has 0 aliphatic rings. The van der Waals surface area contributed by atoms with Crippen molar-refractivity contribution < 1.29 is 9.53 Å². The summed E-state index contributed by atoms with van der Waals surface area (Å²) in [6, 6.07) is 15.2. The van der Waals surface area contributed by atoms with E-state index in [0.29, 0.717) is 12.3 Å². The van der Waals surface area contributed by atoms with Crippen LogP contribution in [0.3, 0.4) is 0 Å². The Labute approximate surface area is 137 Å². The quantitative estimate of drug-likeness (QED) is 0.836. The van der Waals surface area contributed by atoms with E-state index in [9.17, 15) is 4.79 Å². The Morgan fingerprint density at radius 3 is 2.39 bits per heavy atom. The van der Waals surface area contributed by atoms with Crippen LogP contribution in [0.1, 0.15) is 30.5 Å². The van der Waals surface area contributed by atoms with Crippen LogP contribution in [0.2, 0.25) is 0 Å². The number of carbonyl (C=O) groups excluding carboxylic acids is 1. The third kappa shape index (κ3) is 4.49. The molecule has 0 aliphatic heterocycles. The normalized spacial score (nSPS) is 9.48. The highest BCUT2D eigenvalue weighted by Crippen LogP contribution is 2.18. The van der Waals surface area contributed by atoms with Gasteiger partial charge in [-0.3, -0.25) is 5.32 Å². The van der Waals surface area contributed by atoms with Crippen molar-refractivity contribution in [3.05, 3.63) is 71.8 Å². The molecule has 1 amide bonds. The summed E-state index contributed by atoms with van der Waals surface area (Å²) in [6.45, 7) is 8.02. The van der Waals surface area contributed by atoms with E-state index < -0.39 is 6.09 Å². The number of amides is 1. The van der Waals surface area contributed by atoms with Gasteiger partial charge >= 0.3 is 6.09 Å². The van der Waals surface area contributed by atoms with Gasteiger partial charge in [0.1, 0.15) is 0 Å². The highest BCUT2D eigenvalue weighted by Gasteiger charge is 2.05. The summed E-state index contributed by atoms with van der Waals surface area (Å²) in [5, 5.41) is 2.70. The fraction of sp³-hybridized carbons (Fsp3) is 0.150. The molecule has 0 fully saturated rings. The lowest BCUT2D eigenvalue weighted by atomic mass is 10.0. The van der Waals surface area contributed by atoms with Crippen molar-refractivity contribution in [3.8, 4) is 11.8 Å². The van der Waals surface area contributed by atoms with Crippen molar-refractivity contribution in [2.24, 2.45) is 0 Å². The Hall–Kier alpha value is -2.99. The van der Waals surface area contributed by atoms with Gasteiger partial charge in [-0.05, 0) is 43.2 Å². The van der Waals surface area contributed by atoms with Crippen molar-refractivity contribution in [2.75, 3.05) is 11.9 Å². The van der Waals surface area contributed by atoms with Crippen LogP contribution in [-0.2, 0) is 4.74 Å². The van der Waals surface area contributed by atoms with Gasteiger partial charge in [-0.15, -0.1) is 0 Å². The summed E-state index contributed by atoms with van der Waals surface area (Å²) in [5.41, 5.74) is 4.26. The molecule has 2 aromatic carbocycles. The van der Waals surface area contributed by atoms with E-state index in [1.54, 1.807) is 13.0 Å². The van der Waals surface area contributed by atoms with Gasteiger partial charge in [-0.1, -0.05) is 48.8 Å². The van der Waals surface area contributed by atoms with Crippen LogP contribution in [-0.4, -0.2) is 12.7 Å². The molecule has 0 bridgehead atoms. The zero-order chi connectivity index (χ0) is 16.7. The number of rotatable bonds is 3. The molecule has 0 atom stereocenters. The highest BCUT2D eigenvalue weighted by atomic mass is 16.5. The van der Waals surface area contributed by atoms with Gasteiger partial charge in [0, 0.05) is 11.1 Å². The fourth-order valence-corrected chi connectivity index (χ4v) is 2.08. The lowest BCUT2D eigenvalue weighted by molar-refractivity contribution is 0.168. The maximum absolute atomic E-state index is 11.6. The Morgan fingerprint density at radius 2 is 1.70 bits per heavy atom. The molecule has 0 heterocycles. The van der Waals surface area contributed by atoms with Crippen molar-refractivity contribution in [1.29, 1.82) is 0 Å². The molecule has 0 radical (unpaired) electrons. The van der Waals surface area contributed by atoms with E-state index in [0.717, 1.165) is 22.3 Å². The zero-order valence-electron chi connectivity index (χ0n) is 13.3. The molecular weight excluding hydrogens is 286 g/mol. The summed E-state index contributed by atoms with van der Waals surface area (Å²) in [6.07, 6.45) is -0.482. The monoisotopic (exact) mass is 305 g/mol. The molecular formula is C20H19NO2. The van der Waals surface area contributed by atoms with Crippen molar-refractivity contribution in [1.82, 2.24) is 0 Å². The minimum atomic E-state index is -0.482. The average molecular weight is 305 g/mol. The highest BCUT2D eigenvalue weighted by molar-refractivity contribution is 5.86. The summed E-state index contributed by atoms with van der Waals surface area (Å²) in [7, 11) is 0. The third-order valence-corrected chi connectivity index (χ3v) is 3.16. The van der Waals surface area contributed by atoms with Gasteiger partial charge in [0.25, 0.3) is 0 Å². The van der Waals surface area contributed by atoms with E-state index in [-0.39, 0.29) is 0 Å². The molecule has 0 saturated carbocycles. The van der Waals surface area contributed by atoms with E-state index >= 15 is 0 Å². The van der Waals surface area contributed by atoms with Crippen LogP contribution in [0.5, 0.6) is 0 Å². The van der Waals surface area contributed by atoms with Gasteiger partial charge in [0.15, 0.2) is 0 Å². The van der Waals surface area contributed by atoms with Gasteiger partial charge in [0.2, 0.25) is 0 Å². The van der Waals surface area contributed by atoms with Crippen molar-refractivity contribution in [2.45, 2.75) is 13.8 Å². The molecule has 0 unspecified atom stereocenters. The Morgan fingerprint density at radius 1 is 1.09 bits per heavy atom. The molecule has 2 rings (SSSR count). The molecule has 0 aliphatic carbocycles. The molecule has 116 valence electrons. The van der Waals surface area contributed by atoms with Crippen LogP contribution in [0, 0.1) is 11.8 Å². The number of anilines is 1. The number of para-hydroxylation sites is 1. The molecule has 3 heteroatoms. The van der Waals surface area contributed by atoms with Crippen LogP contribution < -0.4 is 5.32 Å². The first-order chi connectivity index (χ1) is 11.1. The second-order valence-corrected chi connectivity index (χ2v) is 4.97. The van der Waals surface area contributed by atoms with Gasteiger partial charge in [-0.2, -0.15) is 0 Å². The predicted octanol–water partition coefficient (Wildman–Crippen LogP) is 4.69. The van der Waals surface area contributed by atoms with Crippen molar-refractivity contribution in [3.63, 3.8) is 0 Å². The number of nitrogens with one attached hydrogen (secondary N) is 1. The number of allylic oxidation sites excluding steroid dienone is 1. The minimum Gasteiger partial charge on any atom is -0.450 e. The van der Waals surface area contributed by atoms with Crippen LogP contribution in [0.4, 0.5) is 10.5 Å². The first-order valence-corrected chi connectivity index (χ1v) is 7.41. The van der Waals surface area contributed by atoms with Gasteiger partial charge in [-0.25, -0.2) is 4.79 Å². The summed E-state index contributed by atoms with van der Waals surface area (Å²) in [4.78, 5) is 11.6. The molecule has 0 aromatic heterocycles. The van der Waals surface area contributed by atoms with Crippen molar-refractivity contribution >= 4 is 17.4 Å². The number of benzene rings is 2. The van der Waals surface area contributed by atoms with E-state index in [1.165, 1.54) is 0 Å². The first kappa shape index (κ1) is 16.4. The average Bonchev–Trinajstić information content (AvgIpc) is 2.54. The van der Waals surface area contributed by atoms with Crippen LogP contribution in [0.25, 0.3) is 5.57 Å². The minimum absolute atomic E-state index is 0.325. The molecule has 0 spiro atoms. The molecule has 0 saturated heterocycles. The maximum Gasteiger partial charge on any atom is 0.411 e. The van der Waals surface area contributed by atoms with Gasteiger partial charge in [0.05, 0.1) is 12.3 Å². The van der Waals surface area contributed by atoms with E-state index in [4.69, 9.17) is 4.74 Å². The topological polar surface area (TPSA) is 38.3 Å². The second kappa shape index (κ2) is 7.86. The van der Waals surface area contributed by atoms with Gasteiger partial charge < -0.3 is 4.74 Å². The molecule has 1 N–H and O–H groups in total. The molecule has 23 heavy (non-hydrogen) atoms. The van der Waals surface area contributed by atoms with E-state index in [2.05, 4.69) is 23.7 Å². The Balaban J connectivity index is 2.32. The fourth-order valence-electron chi connectivity index (χ4n) is 2.08. The summed E-state index contributed by atoms with van der Waals surface area (Å²) >= 11 is 0. The summed E-state index contributed by atoms with van der Waals surface area (Å²) in [5.74, 6) is 6.26. The lowest BCUT2D eigenvalue weighted by Gasteiger charge is -2.07. The molecule has 3 nitrogen and oxygen atoms in total. The first-order valence-electron chi connectivity index (χ1n) is 7.41. The summed E-state index contributed by atoms with van der Waals surface area (Å²) < 4.78 is 4.90. The lowest BCUT2D eigenvalue weighted by Crippen LogP contribution is -2.14. The largest absolute Gasteiger partial charge is 0.450 e. The number of ether oxygens (including phenoxy) is 1.